The molecule has 2 nitrogen and oxygen atoms in total. The molecule has 0 atom stereocenters. The van der Waals surface area contributed by atoms with Gasteiger partial charge in [-0.3, -0.25) is 4.79 Å². The van der Waals surface area contributed by atoms with Crippen molar-refractivity contribution in [3.63, 3.8) is 0 Å². The molecule has 0 N–H and O–H groups in total. The van der Waals surface area contributed by atoms with Crippen LogP contribution in [0.4, 0.5) is 4.39 Å². The monoisotopic (exact) mass is 264 g/mol. The van der Waals surface area contributed by atoms with E-state index >= 15 is 0 Å². The maximum atomic E-state index is 13.1. The van der Waals surface area contributed by atoms with E-state index in [1.54, 1.807) is 0 Å². The molecule has 0 amide bonds. The molecule has 2 aromatic rings. The lowest BCUT2D eigenvalue weighted by atomic mass is 10.2. The minimum Gasteiger partial charge on any atom is -0.487 e. The molecule has 0 saturated heterocycles. The molecule has 0 bridgehead atoms. The van der Waals surface area contributed by atoms with Gasteiger partial charge in [-0.25, -0.2) is 4.39 Å². The van der Waals surface area contributed by atoms with Crippen LogP contribution in [0.2, 0.25) is 5.02 Å². The average molecular weight is 265 g/mol. The zero-order valence-electron chi connectivity index (χ0n) is 9.40. The maximum absolute atomic E-state index is 13.1. The molecule has 0 saturated carbocycles. The molecule has 2 rings (SSSR count). The molecule has 0 aliphatic heterocycles. The summed E-state index contributed by atoms with van der Waals surface area (Å²) in [7, 11) is 0. The highest BCUT2D eigenvalue weighted by molar-refractivity contribution is 6.32. The van der Waals surface area contributed by atoms with Crippen LogP contribution in [0.3, 0.4) is 0 Å². The predicted octanol–water partition coefficient (Wildman–Crippen LogP) is 3.87. The third-order valence-corrected chi connectivity index (χ3v) is 2.67. The van der Waals surface area contributed by atoms with Crippen molar-refractivity contribution in [2.24, 2.45) is 0 Å². The Bertz CT molecular complexity index is 555. The van der Waals surface area contributed by atoms with Gasteiger partial charge in [0.15, 0.2) is 6.29 Å². The van der Waals surface area contributed by atoms with E-state index in [0.29, 0.717) is 6.29 Å². The molecule has 0 radical (unpaired) electrons. The van der Waals surface area contributed by atoms with Gasteiger partial charge in [0.25, 0.3) is 0 Å². The van der Waals surface area contributed by atoms with E-state index in [-0.39, 0.29) is 22.9 Å². The van der Waals surface area contributed by atoms with Crippen LogP contribution in [0.1, 0.15) is 15.9 Å². The number of carbonyl (C=O) groups is 1. The lowest BCUT2D eigenvalue weighted by Crippen LogP contribution is -1.99. The summed E-state index contributed by atoms with van der Waals surface area (Å²) in [5, 5.41) is 0.0908. The number of rotatable bonds is 4. The van der Waals surface area contributed by atoms with Crippen molar-refractivity contribution < 1.29 is 13.9 Å². The van der Waals surface area contributed by atoms with Crippen molar-refractivity contribution in [3.8, 4) is 5.75 Å². The Morgan fingerprint density at radius 3 is 2.61 bits per heavy atom. The van der Waals surface area contributed by atoms with E-state index in [1.807, 2.05) is 30.3 Å². The molecule has 0 fully saturated rings. The van der Waals surface area contributed by atoms with E-state index in [0.717, 1.165) is 17.7 Å². The molecule has 18 heavy (non-hydrogen) atoms. The molecule has 0 spiro atoms. The van der Waals surface area contributed by atoms with Crippen molar-refractivity contribution in [3.05, 3.63) is 64.4 Å². The quantitative estimate of drug-likeness (QED) is 0.784. The molecule has 2 aromatic carbocycles. The van der Waals surface area contributed by atoms with E-state index in [4.69, 9.17) is 16.3 Å². The standard InChI is InChI=1S/C14H10ClFO2/c15-13-7-12(16)6-11(8-17)14(13)18-9-10-4-2-1-3-5-10/h1-8H,9H2. The van der Waals surface area contributed by atoms with Crippen LogP contribution in [-0.2, 0) is 6.61 Å². The number of aldehydes is 1. The smallest absolute Gasteiger partial charge is 0.153 e. The van der Waals surface area contributed by atoms with Crippen LogP contribution in [0.5, 0.6) is 5.75 Å². The summed E-state index contributed by atoms with van der Waals surface area (Å²) in [6, 6.07) is 11.6. The number of benzene rings is 2. The first kappa shape index (κ1) is 12.6. The van der Waals surface area contributed by atoms with Gasteiger partial charge >= 0.3 is 0 Å². The third-order valence-electron chi connectivity index (χ3n) is 2.39. The van der Waals surface area contributed by atoms with E-state index in [1.165, 1.54) is 0 Å². The van der Waals surface area contributed by atoms with Gasteiger partial charge in [-0.05, 0) is 17.7 Å². The van der Waals surface area contributed by atoms with Crippen LogP contribution in [0.25, 0.3) is 0 Å². The number of ether oxygens (including phenoxy) is 1. The highest BCUT2D eigenvalue weighted by Gasteiger charge is 2.11. The number of hydrogen-bond donors (Lipinski definition) is 0. The molecule has 0 aliphatic rings. The maximum Gasteiger partial charge on any atom is 0.153 e. The fourth-order valence-corrected chi connectivity index (χ4v) is 1.82. The van der Waals surface area contributed by atoms with Gasteiger partial charge in [0.1, 0.15) is 18.2 Å². The lowest BCUT2D eigenvalue weighted by molar-refractivity contribution is 0.111. The van der Waals surface area contributed by atoms with Gasteiger partial charge in [-0.2, -0.15) is 0 Å². The van der Waals surface area contributed by atoms with Crippen molar-refractivity contribution in [2.75, 3.05) is 0 Å². The Morgan fingerprint density at radius 2 is 1.94 bits per heavy atom. The summed E-state index contributed by atoms with van der Waals surface area (Å²) in [6.07, 6.45) is 0.523. The molecule has 92 valence electrons. The second-order valence-electron chi connectivity index (χ2n) is 3.70. The van der Waals surface area contributed by atoms with Crippen LogP contribution in [0.15, 0.2) is 42.5 Å². The summed E-state index contributed by atoms with van der Waals surface area (Å²) < 4.78 is 18.5. The first-order valence-electron chi connectivity index (χ1n) is 5.31. The predicted molar refractivity (Wildman–Crippen MR) is 67.6 cm³/mol. The lowest BCUT2D eigenvalue weighted by Gasteiger charge is -2.10. The summed E-state index contributed by atoms with van der Waals surface area (Å²) in [4.78, 5) is 10.8. The average Bonchev–Trinajstić information content (AvgIpc) is 2.38. The Hall–Kier alpha value is -1.87. The van der Waals surface area contributed by atoms with Crippen LogP contribution >= 0.6 is 11.6 Å². The molecule has 0 heterocycles. The minimum absolute atomic E-state index is 0.0908. The second kappa shape index (κ2) is 5.65. The molecular formula is C14H10ClFO2. The van der Waals surface area contributed by atoms with Gasteiger partial charge in [-0.15, -0.1) is 0 Å². The molecule has 0 unspecified atom stereocenters. The summed E-state index contributed by atoms with van der Waals surface area (Å²) >= 11 is 5.86. The minimum atomic E-state index is -0.561. The zero-order chi connectivity index (χ0) is 13.0. The summed E-state index contributed by atoms with van der Waals surface area (Å²) in [5.74, 6) is -0.355. The van der Waals surface area contributed by atoms with Crippen LogP contribution < -0.4 is 4.74 Å². The van der Waals surface area contributed by atoms with E-state index in [9.17, 15) is 9.18 Å². The normalized spacial score (nSPS) is 10.1. The fourth-order valence-electron chi connectivity index (χ4n) is 1.55. The summed E-state index contributed by atoms with van der Waals surface area (Å²) in [5.41, 5.74) is 1.05. The Balaban J connectivity index is 2.21. The number of carbonyl (C=O) groups excluding carboxylic acids is 1. The topological polar surface area (TPSA) is 26.3 Å². The van der Waals surface area contributed by atoms with Gasteiger partial charge in [0, 0.05) is 0 Å². The van der Waals surface area contributed by atoms with Crippen LogP contribution in [-0.4, -0.2) is 6.29 Å². The van der Waals surface area contributed by atoms with Crippen molar-refractivity contribution in [2.45, 2.75) is 6.61 Å². The molecule has 4 heteroatoms. The van der Waals surface area contributed by atoms with Crippen molar-refractivity contribution >= 4 is 17.9 Å². The Morgan fingerprint density at radius 1 is 1.22 bits per heavy atom. The Labute approximate surface area is 109 Å². The van der Waals surface area contributed by atoms with Gasteiger partial charge < -0.3 is 4.74 Å². The highest BCUT2D eigenvalue weighted by Crippen LogP contribution is 2.29. The van der Waals surface area contributed by atoms with Gasteiger partial charge in [-0.1, -0.05) is 41.9 Å². The first-order chi connectivity index (χ1) is 8.70. The highest BCUT2D eigenvalue weighted by atomic mass is 35.5. The van der Waals surface area contributed by atoms with Crippen LogP contribution in [0, 0.1) is 5.82 Å². The number of hydrogen-bond acceptors (Lipinski definition) is 2. The second-order valence-corrected chi connectivity index (χ2v) is 4.11. The van der Waals surface area contributed by atoms with Crippen molar-refractivity contribution in [1.29, 1.82) is 0 Å². The third kappa shape index (κ3) is 2.87. The van der Waals surface area contributed by atoms with E-state index < -0.39 is 5.82 Å². The summed E-state index contributed by atoms with van der Waals surface area (Å²) in [6.45, 7) is 0.271. The van der Waals surface area contributed by atoms with Gasteiger partial charge in [0.2, 0.25) is 0 Å². The first-order valence-corrected chi connectivity index (χ1v) is 5.69. The van der Waals surface area contributed by atoms with Crippen molar-refractivity contribution in [1.82, 2.24) is 0 Å². The zero-order valence-corrected chi connectivity index (χ0v) is 10.2. The van der Waals surface area contributed by atoms with Gasteiger partial charge in [0.05, 0.1) is 10.6 Å². The molecular weight excluding hydrogens is 255 g/mol. The molecule has 0 aliphatic carbocycles. The largest absolute Gasteiger partial charge is 0.487 e. The Kier molecular flexibility index (Phi) is 3.95. The fraction of sp³-hybridized carbons (Fsp3) is 0.0714. The molecule has 0 aromatic heterocycles. The SMILES string of the molecule is O=Cc1cc(F)cc(Cl)c1OCc1ccccc1. The number of halogens is 2. The van der Waals surface area contributed by atoms with E-state index in [2.05, 4.69) is 0 Å².